The van der Waals surface area contributed by atoms with Crippen LogP contribution in [-0.2, 0) is 22.9 Å². The van der Waals surface area contributed by atoms with E-state index >= 15 is 0 Å². The fourth-order valence-electron chi connectivity index (χ4n) is 4.55. The van der Waals surface area contributed by atoms with Crippen LogP contribution in [0, 0.1) is 0 Å². The Balaban J connectivity index is -0.00000162. The van der Waals surface area contributed by atoms with Gasteiger partial charge in [-0.3, -0.25) is 13.6 Å². The molecule has 0 rings (SSSR count). The number of hydrogen-bond donors (Lipinski definition) is 2. The van der Waals surface area contributed by atoms with Crippen molar-refractivity contribution in [3.05, 3.63) is 0 Å². The smallest absolute Gasteiger partial charge is 0.394 e. The van der Waals surface area contributed by atoms with Gasteiger partial charge < -0.3 is 14.9 Å². The summed E-state index contributed by atoms with van der Waals surface area (Å²) in [7, 11) is -3.43. The van der Waals surface area contributed by atoms with E-state index in [1.807, 2.05) is 13.8 Å². The Kier molecular flexibility index (Phi) is 49.6. The molecule has 0 atom stereocenters. The zero-order chi connectivity index (χ0) is 33.2. The molecule has 0 bridgehead atoms. The predicted molar refractivity (Wildman–Crippen MR) is 190 cm³/mol. The fraction of sp³-hybridized carbons (Fsp3) is 1.00. The highest BCUT2D eigenvalue weighted by Gasteiger charge is 2.26. The van der Waals surface area contributed by atoms with Gasteiger partial charge in [0.25, 0.3) is 0 Å². The Hall–Kier alpha value is -0.0100. The van der Waals surface area contributed by atoms with Crippen molar-refractivity contribution < 1.29 is 33.1 Å². The molecule has 0 unspecified atom stereocenters. The Morgan fingerprint density at radius 1 is 0.386 bits per heavy atom. The summed E-state index contributed by atoms with van der Waals surface area (Å²) in [6.45, 7) is 13.6. The molecule has 270 valence electrons. The summed E-state index contributed by atoms with van der Waals surface area (Å²) in [6.07, 6.45) is 29.7. The van der Waals surface area contributed by atoms with Crippen LogP contribution in [-0.4, -0.2) is 56.5 Å². The minimum Gasteiger partial charge on any atom is -0.394 e. The number of rotatable bonds is 33. The Bertz CT molecular complexity index is 457. The van der Waals surface area contributed by atoms with Crippen molar-refractivity contribution in [1.29, 1.82) is 0 Å². The monoisotopic (exact) mass is 655 g/mol. The van der Waals surface area contributed by atoms with E-state index in [1.165, 1.54) is 116 Å². The maximum absolute atomic E-state index is 13.2. The molecule has 0 aromatic rings. The van der Waals surface area contributed by atoms with Crippen molar-refractivity contribution in [2.24, 2.45) is 0 Å². The quantitative estimate of drug-likeness (QED) is 0.0537. The Morgan fingerprint density at radius 2 is 0.614 bits per heavy atom. The van der Waals surface area contributed by atoms with Crippen LogP contribution >= 0.6 is 7.82 Å². The van der Waals surface area contributed by atoms with Gasteiger partial charge in [0.1, 0.15) is 0 Å². The third-order valence-electron chi connectivity index (χ3n) is 7.25. The van der Waals surface area contributed by atoms with Crippen LogP contribution in [0.25, 0.3) is 0 Å². The molecule has 0 saturated heterocycles. The number of aliphatic hydroxyl groups is 2. The first kappa shape index (κ1) is 48.4. The number of hydrogen-bond acceptors (Lipinski definition) is 7. The zero-order valence-electron chi connectivity index (χ0n) is 30.3. The summed E-state index contributed by atoms with van der Waals surface area (Å²) < 4.78 is 35.2. The molecular weight excluding hydrogens is 575 g/mol. The lowest BCUT2D eigenvalue weighted by Gasteiger charge is -2.18. The molecule has 0 aliphatic carbocycles. The highest BCUT2D eigenvalue weighted by atomic mass is 31.2. The molecule has 0 heterocycles. The van der Waals surface area contributed by atoms with Crippen molar-refractivity contribution >= 4 is 7.82 Å². The number of ether oxygens (including phenoxy) is 1. The molecule has 0 aromatic heterocycles. The van der Waals surface area contributed by atoms with Crippen LogP contribution in [0.2, 0.25) is 0 Å². The maximum atomic E-state index is 13.2. The maximum Gasteiger partial charge on any atom is 0.474 e. The van der Waals surface area contributed by atoms with E-state index in [1.54, 1.807) is 0 Å². The van der Waals surface area contributed by atoms with Crippen LogP contribution in [0.15, 0.2) is 0 Å². The lowest BCUT2D eigenvalue weighted by molar-refractivity contribution is 0.108. The molecular formula is C36H79O7P. The highest BCUT2D eigenvalue weighted by Crippen LogP contribution is 2.50. The SMILES string of the molecule is CCCCCCCCCCOP(=O)(OCCCCCCCCCC)OCCCCCCCCCC.CCOCC.OCCO. The molecule has 0 aromatic carbocycles. The van der Waals surface area contributed by atoms with E-state index in [-0.39, 0.29) is 13.2 Å². The molecule has 0 radical (unpaired) electrons. The predicted octanol–water partition coefficient (Wildman–Crippen LogP) is 11.6. The van der Waals surface area contributed by atoms with Gasteiger partial charge in [-0.25, -0.2) is 4.57 Å². The summed E-state index contributed by atoms with van der Waals surface area (Å²) in [4.78, 5) is 0. The first-order chi connectivity index (χ1) is 21.5. The molecule has 0 saturated carbocycles. The average Bonchev–Trinajstić information content (AvgIpc) is 3.03. The number of phosphoric acid groups is 1. The van der Waals surface area contributed by atoms with E-state index in [4.69, 9.17) is 28.5 Å². The van der Waals surface area contributed by atoms with Gasteiger partial charge in [-0.05, 0) is 33.1 Å². The molecule has 0 spiro atoms. The summed E-state index contributed by atoms with van der Waals surface area (Å²) in [5, 5.41) is 15.2. The Labute approximate surface area is 275 Å². The largest absolute Gasteiger partial charge is 0.474 e. The topological polar surface area (TPSA) is 94.5 Å². The van der Waals surface area contributed by atoms with Crippen molar-refractivity contribution in [3.8, 4) is 0 Å². The normalized spacial score (nSPS) is 11.2. The minimum atomic E-state index is -3.43. The zero-order valence-corrected chi connectivity index (χ0v) is 31.2. The van der Waals surface area contributed by atoms with Gasteiger partial charge in [-0.2, -0.15) is 0 Å². The third kappa shape index (κ3) is 46.4. The van der Waals surface area contributed by atoms with Gasteiger partial charge in [0.2, 0.25) is 0 Å². The summed E-state index contributed by atoms with van der Waals surface area (Å²) >= 11 is 0. The van der Waals surface area contributed by atoms with Gasteiger partial charge in [-0.1, -0.05) is 156 Å². The molecule has 8 heteroatoms. The van der Waals surface area contributed by atoms with E-state index in [0.29, 0.717) is 19.8 Å². The fourth-order valence-corrected chi connectivity index (χ4v) is 5.83. The van der Waals surface area contributed by atoms with Gasteiger partial charge in [-0.15, -0.1) is 0 Å². The van der Waals surface area contributed by atoms with Crippen LogP contribution in [0.5, 0.6) is 0 Å². The minimum absolute atomic E-state index is 0.125. The lowest BCUT2D eigenvalue weighted by Crippen LogP contribution is -2.04. The second-order valence-electron chi connectivity index (χ2n) is 11.6. The summed E-state index contributed by atoms with van der Waals surface area (Å²) in [6, 6.07) is 0. The van der Waals surface area contributed by atoms with Gasteiger partial charge in [0, 0.05) is 13.2 Å². The Morgan fingerprint density at radius 3 is 0.795 bits per heavy atom. The highest BCUT2D eigenvalue weighted by molar-refractivity contribution is 7.48. The second kappa shape index (κ2) is 45.1. The first-order valence-corrected chi connectivity index (χ1v) is 20.3. The van der Waals surface area contributed by atoms with Crippen LogP contribution < -0.4 is 0 Å². The van der Waals surface area contributed by atoms with Crippen molar-refractivity contribution in [1.82, 2.24) is 0 Å². The van der Waals surface area contributed by atoms with E-state index < -0.39 is 7.82 Å². The van der Waals surface area contributed by atoms with Crippen molar-refractivity contribution in [2.45, 2.75) is 189 Å². The molecule has 0 amide bonds. The first-order valence-electron chi connectivity index (χ1n) is 18.8. The molecule has 2 N–H and O–H groups in total. The number of phosphoric ester groups is 1. The lowest BCUT2D eigenvalue weighted by atomic mass is 10.1. The molecule has 44 heavy (non-hydrogen) atoms. The standard InChI is InChI=1S/C30H63O4P.C4H10O.C2H6O2/c1-4-7-10-13-16-19-22-25-28-32-35(31,33-29-26-23-20-17-14-11-8-5-2)34-30-27-24-21-18-15-12-9-6-3;1-3-5-4-2;3-1-2-4/h4-30H2,1-3H3;3-4H2,1-2H3;3-4H,1-2H2. The summed E-state index contributed by atoms with van der Waals surface area (Å²) in [5.74, 6) is 0. The number of aliphatic hydroxyl groups excluding tert-OH is 2. The van der Waals surface area contributed by atoms with E-state index in [2.05, 4.69) is 20.8 Å². The molecule has 0 fully saturated rings. The van der Waals surface area contributed by atoms with Crippen LogP contribution in [0.3, 0.4) is 0 Å². The third-order valence-corrected chi connectivity index (χ3v) is 8.75. The second-order valence-corrected chi connectivity index (χ2v) is 13.3. The van der Waals surface area contributed by atoms with E-state index in [9.17, 15) is 4.57 Å². The molecule has 7 nitrogen and oxygen atoms in total. The summed E-state index contributed by atoms with van der Waals surface area (Å²) in [5.41, 5.74) is 0. The van der Waals surface area contributed by atoms with Crippen molar-refractivity contribution in [2.75, 3.05) is 46.2 Å². The van der Waals surface area contributed by atoms with Crippen LogP contribution in [0.1, 0.15) is 189 Å². The molecule has 0 aliphatic heterocycles. The van der Waals surface area contributed by atoms with Gasteiger partial charge in [0.15, 0.2) is 0 Å². The van der Waals surface area contributed by atoms with Gasteiger partial charge >= 0.3 is 7.82 Å². The van der Waals surface area contributed by atoms with Crippen molar-refractivity contribution in [3.63, 3.8) is 0 Å². The average molecular weight is 655 g/mol. The van der Waals surface area contributed by atoms with E-state index in [0.717, 1.165) is 51.7 Å². The molecule has 0 aliphatic rings. The van der Waals surface area contributed by atoms with Crippen LogP contribution in [0.4, 0.5) is 0 Å². The number of unbranched alkanes of at least 4 members (excludes halogenated alkanes) is 21. The van der Waals surface area contributed by atoms with Gasteiger partial charge in [0.05, 0.1) is 33.0 Å².